The maximum absolute atomic E-state index is 3.54. The average Bonchev–Trinajstić information content (AvgIpc) is 2.88. The summed E-state index contributed by atoms with van der Waals surface area (Å²) in [5, 5.41) is 3.54. The summed E-state index contributed by atoms with van der Waals surface area (Å²) in [5.74, 6) is 0.796. The first-order chi connectivity index (χ1) is 9.43. The summed E-state index contributed by atoms with van der Waals surface area (Å²) < 4.78 is 0. The smallest absolute Gasteiger partial charge is 0.0414 e. The second kappa shape index (κ2) is 6.17. The second-order valence-corrected chi connectivity index (χ2v) is 7.14. The summed E-state index contributed by atoms with van der Waals surface area (Å²) in [6.07, 6.45) is 1.31. The van der Waals surface area contributed by atoms with Crippen molar-refractivity contribution >= 4 is 5.69 Å². The minimum atomic E-state index is 0.414. The number of rotatable bonds is 4. The molecular formula is C18H30N2. The fraction of sp³-hybridized carbons (Fsp3) is 0.667. The summed E-state index contributed by atoms with van der Waals surface area (Å²) >= 11 is 0. The molecule has 1 heterocycles. The lowest BCUT2D eigenvalue weighted by Gasteiger charge is -2.29. The molecule has 1 saturated heterocycles. The van der Waals surface area contributed by atoms with Crippen LogP contribution in [0.1, 0.15) is 52.6 Å². The molecule has 2 nitrogen and oxygen atoms in total. The lowest BCUT2D eigenvalue weighted by atomic mass is 9.80. The van der Waals surface area contributed by atoms with Crippen molar-refractivity contribution in [2.24, 2.45) is 11.3 Å². The predicted octanol–water partition coefficient (Wildman–Crippen LogP) is 4.23. The van der Waals surface area contributed by atoms with Gasteiger partial charge in [-0.25, -0.2) is 0 Å². The zero-order valence-corrected chi connectivity index (χ0v) is 13.7. The van der Waals surface area contributed by atoms with Crippen molar-refractivity contribution in [3.63, 3.8) is 0 Å². The third-order valence-electron chi connectivity index (χ3n) is 4.67. The number of hydrogen-bond acceptors (Lipinski definition) is 2. The Morgan fingerprint density at radius 2 is 2.00 bits per heavy atom. The molecule has 2 heteroatoms. The fourth-order valence-electron chi connectivity index (χ4n) is 3.24. The van der Waals surface area contributed by atoms with Gasteiger partial charge in [-0.2, -0.15) is 0 Å². The van der Waals surface area contributed by atoms with Crippen LogP contribution in [-0.4, -0.2) is 19.6 Å². The van der Waals surface area contributed by atoms with Crippen molar-refractivity contribution in [2.45, 2.75) is 47.1 Å². The Hall–Kier alpha value is -1.02. The van der Waals surface area contributed by atoms with Gasteiger partial charge in [-0.05, 0) is 42.9 Å². The summed E-state index contributed by atoms with van der Waals surface area (Å²) in [5.41, 5.74) is 3.27. The first-order valence-electron chi connectivity index (χ1n) is 8.00. The fourth-order valence-corrected chi connectivity index (χ4v) is 3.24. The highest BCUT2D eigenvalue weighted by Gasteiger charge is 2.32. The van der Waals surface area contributed by atoms with Crippen molar-refractivity contribution < 1.29 is 0 Å². The van der Waals surface area contributed by atoms with Crippen LogP contribution in [0.25, 0.3) is 0 Å². The van der Waals surface area contributed by atoms with Gasteiger partial charge in [0.05, 0.1) is 0 Å². The SMILES string of the molecule is CCNC(C)c1ccccc1N1CCC(C(C)(C)C)C1. The van der Waals surface area contributed by atoms with Crippen molar-refractivity contribution in [1.29, 1.82) is 0 Å². The molecule has 0 amide bonds. The number of nitrogens with one attached hydrogen (secondary N) is 1. The number of para-hydroxylation sites is 1. The highest BCUT2D eigenvalue weighted by atomic mass is 15.2. The second-order valence-electron chi connectivity index (χ2n) is 7.14. The van der Waals surface area contributed by atoms with Gasteiger partial charge in [0.2, 0.25) is 0 Å². The van der Waals surface area contributed by atoms with E-state index < -0.39 is 0 Å². The van der Waals surface area contributed by atoms with Crippen LogP contribution in [-0.2, 0) is 0 Å². The Morgan fingerprint density at radius 3 is 2.60 bits per heavy atom. The van der Waals surface area contributed by atoms with E-state index in [-0.39, 0.29) is 0 Å². The zero-order chi connectivity index (χ0) is 14.8. The Kier molecular flexibility index (Phi) is 4.74. The van der Waals surface area contributed by atoms with Crippen molar-refractivity contribution in [3.8, 4) is 0 Å². The summed E-state index contributed by atoms with van der Waals surface area (Å²) in [7, 11) is 0. The van der Waals surface area contributed by atoms with Crippen LogP contribution in [0.3, 0.4) is 0 Å². The molecule has 1 aromatic carbocycles. The van der Waals surface area contributed by atoms with Gasteiger partial charge in [-0.3, -0.25) is 0 Å². The van der Waals surface area contributed by atoms with E-state index in [1.54, 1.807) is 0 Å². The third-order valence-corrected chi connectivity index (χ3v) is 4.67. The van der Waals surface area contributed by atoms with Crippen LogP contribution in [0.2, 0.25) is 0 Å². The average molecular weight is 274 g/mol. The van der Waals surface area contributed by atoms with Gasteiger partial charge in [0.1, 0.15) is 0 Å². The summed E-state index contributed by atoms with van der Waals surface area (Å²) in [4.78, 5) is 2.58. The zero-order valence-electron chi connectivity index (χ0n) is 13.7. The molecule has 112 valence electrons. The molecule has 0 spiro atoms. The van der Waals surface area contributed by atoms with Crippen LogP contribution < -0.4 is 10.2 Å². The molecule has 1 aliphatic heterocycles. The maximum Gasteiger partial charge on any atom is 0.0414 e. The van der Waals surface area contributed by atoms with Crippen LogP contribution >= 0.6 is 0 Å². The molecular weight excluding hydrogens is 244 g/mol. The minimum absolute atomic E-state index is 0.414. The molecule has 1 N–H and O–H groups in total. The monoisotopic (exact) mass is 274 g/mol. The van der Waals surface area contributed by atoms with E-state index in [4.69, 9.17) is 0 Å². The summed E-state index contributed by atoms with van der Waals surface area (Å²) in [6, 6.07) is 9.30. The van der Waals surface area contributed by atoms with E-state index >= 15 is 0 Å². The standard InChI is InChI=1S/C18H30N2/c1-6-19-14(2)16-9-7-8-10-17(16)20-12-11-15(13-20)18(3,4)5/h7-10,14-15,19H,6,11-13H2,1-5H3. The first kappa shape index (κ1) is 15.4. The Balaban J connectivity index is 2.18. The van der Waals surface area contributed by atoms with Crippen molar-refractivity contribution in [3.05, 3.63) is 29.8 Å². The Labute approximate surface area is 124 Å². The number of nitrogens with zero attached hydrogens (tertiary/aromatic N) is 1. The minimum Gasteiger partial charge on any atom is -0.371 e. The largest absolute Gasteiger partial charge is 0.371 e. The van der Waals surface area contributed by atoms with Gasteiger partial charge >= 0.3 is 0 Å². The summed E-state index contributed by atoms with van der Waals surface area (Å²) in [6.45, 7) is 14.9. The predicted molar refractivity (Wildman–Crippen MR) is 88.3 cm³/mol. The van der Waals surface area contributed by atoms with Crippen LogP contribution in [0.15, 0.2) is 24.3 Å². The van der Waals surface area contributed by atoms with E-state index in [2.05, 4.69) is 69.1 Å². The molecule has 0 bridgehead atoms. The number of benzene rings is 1. The quantitative estimate of drug-likeness (QED) is 0.884. The van der Waals surface area contributed by atoms with Crippen LogP contribution in [0.5, 0.6) is 0 Å². The van der Waals surface area contributed by atoms with Gasteiger partial charge in [-0.1, -0.05) is 45.9 Å². The molecule has 0 saturated carbocycles. The number of anilines is 1. The Bertz CT molecular complexity index is 433. The third kappa shape index (κ3) is 3.35. The van der Waals surface area contributed by atoms with Gasteiger partial charge in [0, 0.05) is 24.8 Å². The normalized spacial score (nSPS) is 21.2. The van der Waals surface area contributed by atoms with Crippen LogP contribution in [0.4, 0.5) is 5.69 Å². The molecule has 0 radical (unpaired) electrons. The molecule has 20 heavy (non-hydrogen) atoms. The van der Waals surface area contributed by atoms with E-state index in [0.717, 1.165) is 12.5 Å². The van der Waals surface area contributed by atoms with Gasteiger partial charge in [-0.15, -0.1) is 0 Å². The molecule has 1 fully saturated rings. The van der Waals surface area contributed by atoms with Gasteiger partial charge < -0.3 is 10.2 Å². The molecule has 0 aliphatic carbocycles. The lowest BCUT2D eigenvalue weighted by molar-refractivity contribution is 0.263. The molecule has 2 unspecified atom stereocenters. The molecule has 2 atom stereocenters. The topological polar surface area (TPSA) is 15.3 Å². The molecule has 2 rings (SSSR count). The Morgan fingerprint density at radius 1 is 1.30 bits per heavy atom. The van der Waals surface area contributed by atoms with E-state index in [0.29, 0.717) is 11.5 Å². The van der Waals surface area contributed by atoms with E-state index in [9.17, 15) is 0 Å². The van der Waals surface area contributed by atoms with Crippen LogP contribution in [0, 0.1) is 11.3 Å². The highest BCUT2D eigenvalue weighted by Crippen LogP contribution is 2.37. The van der Waals surface area contributed by atoms with Gasteiger partial charge in [0.25, 0.3) is 0 Å². The number of hydrogen-bond donors (Lipinski definition) is 1. The van der Waals surface area contributed by atoms with E-state index in [1.807, 2.05) is 0 Å². The lowest BCUT2D eigenvalue weighted by Crippen LogP contribution is -2.27. The highest BCUT2D eigenvalue weighted by molar-refractivity contribution is 5.55. The van der Waals surface area contributed by atoms with E-state index in [1.165, 1.54) is 30.8 Å². The molecule has 1 aliphatic rings. The van der Waals surface area contributed by atoms with Crippen molar-refractivity contribution in [1.82, 2.24) is 5.32 Å². The maximum atomic E-state index is 3.54. The first-order valence-corrected chi connectivity index (χ1v) is 8.00. The molecule has 0 aromatic heterocycles. The molecule has 1 aromatic rings. The van der Waals surface area contributed by atoms with Gasteiger partial charge in [0.15, 0.2) is 0 Å². The van der Waals surface area contributed by atoms with Crippen molar-refractivity contribution in [2.75, 3.05) is 24.5 Å².